The molecule has 1 atom stereocenters. The summed E-state index contributed by atoms with van der Waals surface area (Å²) in [6, 6.07) is 6.32. The van der Waals surface area contributed by atoms with E-state index in [-0.39, 0.29) is 6.04 Å². The Labute approximate surface area is 140 Å². The van der Waals surface area contributed by atoms with Crippen LogP contribution >= 0.6 is 0 Å². The van der Waals surface area contributed by atoms with E-state index in [1.165, 1.54) is 4.90 Å². The van der Waals surface area contributed by atoms with Gasteiger partial charge in [0, 0.05) is 28.7 Å². The molecule has 0 aliphatic heterocycles. The minimum Gasteiger partial charge on any atom is -0.479 e. The Kier molecular flexibility index (Phi) is 3.99. The molecule has 3 rings (SSSR count). The SMILES string of the molecule is CC(C)(C)OC(=O)N(C1CC1)C(C(=O)O)c1c[nH]c2ccccc12. The lowest BCUT2D eigenvalue weighted by Gasteiger charge is -2.31. The zero-order valence-electron chi connectivity index (χ0n) is 14.1. The summed E-state index contributed by atoms with van der Waals surface area (Å²) >= 11 is 0. The van der Waals surface area contributed by atoms with E-state index in [4.69, 9.17) is 4.74 Å². The number of carbonyl (C=O) groups excluding carboxylic acids is 1. The first-order valence-corrected chi connectivity index (χ1v) is 8.08. The molecular weight excluding hydrogens is 308 g/mol. The molecule has 1 aliphatic carbocycles. The first-order valence-electron chi connectivity index (χ1n) is 8.08. The largest absolute Gasteiger partial charge is 0.479 e. The Balaban J connectivity index is 2.02. The summed E-state index contributed by atoms with van der Waals surface area (Å²) in [6.45, 7) is 5.33. The third kappa shape index (κ3) is 3.22. The molecule has 2 N–H and O–H groups in total. The van der Waals surface area contributed by atoms with Crippen molar-refractivity contribution in [3.63, 3.8) is 0 Å². The van der Waals surface area contributed by atoms with Gasteiger partial charge in [0.05, 0.1) is 0 Å². The van der Waals surface area contributed by atoms with Gasteiger partial charge in [0.2, 0.25) is 0 Å². The zero-order chi connectivity index (χ0) is 17.5. The highest BCUT2D eigenvalue weighted by atomic mass is 16.6. The second-order valence-electron chi connectivity index (χ2n) is 7.15. The van der Waals surface area contributed by atoms with E-state index in [1.807, 2.05) is 24.3 Å². The van der Waals surface area contributed by atoms with Crippen molar-refractivity contribution in [1.82, 2.24) is 9.88 Å². The molecule has 1 aliphatic rings. The third-order valence-electron chi connectivity index (χ3n) is 3.97. The Hall–Kier alpha value is -2.50. The van der Waals surface area contributed by atoms with Gasteiger partial charge < -0.3 is 14.8 Å². The van der Waals surface area contributed by atoms with Gasteiger partial charge in [0.15, 0.2) is 6.04 Å². The molecule has 0 spiro atoms. The molecule has 0 radical (unpaired) electrons. The number of aliphatic carboxylic acids is 1. The summed E-state index contributed by atoms with van der Waals surface area (Å²) in [5.74, 6) is -1.06. The molecule has 1 fully saturated rings. The van der Waals surface area contributed by atoms with Gasteiger partial charge in [-0.1, -0.05) is 18.2 Å². The number of rotatable bonds is 4. The van der Waals surface area contributed by atoms with Gasteiger partial charge in [-0.05, 0) is 39.7 Å². The van der Waals surface area contributed by atoms with Crippen molar-refractivity contribution in [2.24, 2.45) is 0 Å². The van der Waals surface area contributed by atoms with Crippen LogP contribution in [0.5, 0.6) is 0 Å². The van der Waals surface area contributed by atoms with E-state index in [0.29, 0.717) is 5.56 Å². The summed E-state index contributed by atoms with van der Waals surface area (Å²) in [5.41, 5.74) is 0.752. The van der Waals surface area contributed by atoms with Crippen LogP contribution in [0.15, 0.2) is 30.5 Å². The predicted octanol–water partition coefficient (Wildman–Crippen LogP) is 3.69. The lowest BCUT2D eigenvalue weighted by atomic mass is 10.0. The highest BCUT2D eigenvalue weighted by molar-refractivity contribution is 5.91. The number of carboxylic acid groups (broad SMARTS) is 1. The number of ether oxygens (including phenoxy) is 1. The number of hydrogen-bond donors (Lipinski definition) is 2. The monoisotopic (exact) mass is 330 g/mol. The smallest absolute Gasteiger partial charge is 0.411 e. The highest BCUT2D eigenvalue weighted by Crippen LogP contribution is 2.38. The number of aromatic nitrogens is 1. The van der Waals surface area contributed by atoms with Gasteiger partial charge in [-0.25, -0.2) is 9.59 Å². The van der Waals surface area contributed by atoms with Crippen molar-refractivity contribution < 1.29 is 19.4 Å². The second kappa shape index (κ2) is 5.85. The Bertz CT molecular complexity index is 771. The number of aromatic amines is 1. The molecule has 6 heteroatoms. The number of fused-ring (bicyclic) bond motifs is 1. The van der Waals surface area contributed by atoms with Crippen LogP contribution in [-0.4, -0.2) is 38.7 Å². The Morgan fingerprint density at radius 2 is 1.96 bits per heavy atom. The standard InChI is InChI=1S/C18H22N2O4/c1-18(2,3)24-17(23)20(11-8-9-11)15(16(21)22)13-10-19-14-7-5-4-6-12(13)14/h4-7,10-11,15,19H,8-9H2,1-3H3,(H,21,22). The number of carboxylic acids is 1. The van der Waals surface area contributed by atoms with Crippen LogP contribution in [0.3, 0.4) is 0 Å². The molecule has 1 heterocycles. The maximum atomic E-state index is 12.6. The number of nitrogens with one attached hydrogen (secondary N) is 1. The van der Waals surface area contributed by atoms with Crippen LogP contribution in [0.1, 0.15) is 45.2 Å². The van der Waals surface area contributed by atoms with Gasteiger partial charge in [0.25, 0.3) is 0 Å². The van der Waals surface area contributed by atoms with E-state index in [2.05, 4.69) is 4.98 Å². The topological polar surface area (TPSA) is 82.6 Å². The maximum Gasteiger partial charge on any atom is 0.411 e. The van der Waals surface area contributed by atoms with Gasteiger partial charge in [0.1, 0.15) is 5.60 Å². The molecular formula is C18H22N2O4. The minimum atomic E-state index is -1.07. The van der Waals surface area contributed by atoms with Crippen LogP contribution in [-0.2, 0) is 9.53 Å². The fraction of sp³-hybridized carbons (Fsp3) is 0.444. The summed E-state index contributed by atoms with van der Waals surface area (Å²) < 4.78 is 5.46. The van der Waals surface area contributed by atoms with Crippen molar-refractivity contribution in [1.29, 1.82) is 0 Å². The molecule has 1 saturated carbocycles. The zero-order valence-corrected chi connectivity index (χ0v) is 14.1. The van der Waals surface area contributed by atoms with Crippen molar-refractivity contribution in [3.8, 4) is 0 Å². The maximum absolute atomic E-state index is 12.6. The minimum absolute atomic E-state index is 0.0883. The molecule has 24 heavy (non-hydrogen) atoms. The molecule has 1 aromatic heterocycles. The lowest BCUT2D eigenvalue weighted by molar-refractivity contribution is -0.143. The number of H-pyrrole nitrogens is 1. The van der Waals surface area contributed by atoms with E-state index in [1.54, 1.807) is 27.0 Å². The number of hydrogen-bond acceptors (Lipinski definition) is 3. The summed E-state index contributed by atoms with van der Waals surface area (Å²) in [7, 11) is 0. The average Bonchev–Trinajstić information content (AvgIpc) is 3.22. The van der Waals surface area contributed by atoms with E-state index in [9.17, 15) is 14.7 Å². The predicted molar refractivity (Wildman–Crippen MR) is 89.8 cm³/mol. The van der Waals surface area contributed by atoms with Crippen LogP contribution in [0.25, 0.3) is 10.9 Å². The van der Waals surface area contributed by atoms with Crippen LogP contribution < -0.4 is 0 Å². The average molecular weight is 330 g/mol. The van der Waals surface area contributed by atoms with Crippen LogP contribution in [0.2, 0.25) is 0 Å². The highest BCUT2D eigenvalue weighted by Gasteiger charge is 2.44. The molecule has 128 valence electrons. The second-order valence-corrected chi connectivity index (χ2v) is 7.15. The third-order valence-corrected chi connectivity index (χ3v) is 3.97. The van der Waals surface area contributed by atoms with Gasteiger partial charge >= 0.3 is 12.1 Å². The van der Waals surface area contributed by atoms with Crippen molar-refractivity contribution in [2.75, 3.05) is 0 Å². The van der Waals surface area contributed by atoms with Crippen molar-refractivity contribution in [3.05, 3.63) is 36.0 Å². The van der Waals surface area contributed by atoms with E-state index in [0.717, 1.165) is 23.7 Å². The fourth-order valence-electron chi connectivity index (χ4n) is 2.85. The molecule has 6 nitrogen and oxygen atoms in total. The number of para-hydroxylation sites is 1. The van der Waals surface area contributed by atoms with E-state index < -0.39 is 23.7 Å². The summed E-state index contributed by atoms with van der Waals surface area (Å²) in [6.07, 6.45) is 2.68. The molecule has 1 amide bonds. The molecule has 1 unspecified atom stereocenters. The van der Waals surface area contributed by atoms with Gasteiger partial charge in [-0.3, -0.25) is 4.90 Å². The number of benzene rings is 1. The fourth-order valence-corrected chi connectivity index (χ4v) is 2.85. The van der Waals surface area contributed by atoms with Gasteiger partial charge in [-0.15, -0.1) is 0 Å². The number of amides is 1. The first kappa shape index (κ1) is 16.4. The van der Waals surface area contributed by atoms with Crippen molar-refractivity contribution >= 4 is 23.0 Å². The summed E-state index contributed by atoms with van der Waals surface area (Å²) in [5, 5.41) is 10.6. The number of carbonyl (C=O) groups is 2. The van der Waals surface area contributed by atoms with Crippen molar-refractivity contribution in [2.45, 2.75) is 51.3 Å². The van der Waals surface area contributed by atoms with Crippen LogP contribution in [0.4, 0.5) is 4.79 Å². The summed E-state index contributed by atoms with van der Waals surface area (Å²) in [4.78, 5) is 29.1. The molecule has 1 aromatic carbocycles. The van der Waals surface area contributed by atoms with Crippen LogP contribution in [0, 0.1) is 0 Å². The normalized spacial score (nSPS) is 16.0. The Morgan fingerprint density at radius 3 is 2.54 bits per heavy atom. The first-order chi connectivity index (χ1) is 11.3. The quantitative estimate of drug-likeness (QED) is 0.895. The molecule has 2 aromatic rings. The van der Waals surface area contributed by atoms with E-state index >= 15 is 0 Å². The molecule has 0 bridgehead atoms. The number of nitrogens with zero attached hydrogens (tertiary/aromatic N) is 1. The Morgan fingerprint density at radius 1 is 1.29 bits per heavy atom. The van der Waals surface area contributed by atoms with Gasteiger partial charge in [-0.2, -0.15) is 0 Å². The molecule has 0 saturated heterocycles. The lowest BCUT2D eigenvalue weighted by Crippen LogP contribution is -2.43.